The summed E-state index contributed by atoms with van der Waals surface area (Å²) in [4.78, 5) is 26.1. The Morgan fingerprint density at radius 3 is 2.63 bits per heavy atom. The zero-order valence-corrected chi connectivity index (χ0v) is 18.4. The molecule has 2 heterocycles. The first-order valence-electron chi connectivity index (χ1n) is 9.17. The lowest BCUT2D eigenvalue weighted by Crippen LogP contribution is -2.31. The van der Waals surface area contributed by atoms with E-state index in [-0.39, 0.29) is 22.3 Å². The van der Waals surface area contributed by atoms with Gasteiger partial charge in [0.25, 0.3) is 0 Å². The number of hydrogen-bond acceptors (Lipinski definition) is 6. The Balaban J connectivity index is 2.05. The van der Waals surface area contributed by atoms with Gasteiger partial charge in [-0.3, -0.25) is 4.79 Å². The largest absolute Gasteiger partial charge is 0.459 e. The van der Waals surface area contributed by atoms with Gasteiger partial charge in [0.05, 0.1) is 17.6 Å². The molecule has 2 aromatic carbocycles. The van der Waals surface area contributed by atoms with Crippen molar-refractivity contribution < 1.29 is 14.3 Å². The second kappa shape index (κ2) is 7.95. The molecule has 0 aliphatic carbocycles. The fourth-order valence-electron chi connectivity index (χ4n) is 3.49. The molecule has 8 heteroatoms. The van der Waals surface area contributed by atoms with Gasteiger partial charge in [-0.1, -0.05) is 52.7 Å². The smallest absolute Gasteiger partial charge is 0.340 e. The molecule has 2 N–H and O–H groups in total. The summed E-state index contributed by atoms with van der Waals surface area (Å²) in [5.41, 5.74) is 7.07. The third-order valence-electron chi connectivity index (χ3n) is 4.69. The second-order valence-corrected chi connectivity index (χ2v) is 8.92. The molecule has 154 valence electrons. The van der Waals surface area contributed by atoms with Gasteiger partial charge in [0, 0.05) is 20.1 Å². The van der Waals surface area contributed by atoms with Crippen LogP contribution in [0.1, 0.15) is 30.9 Å². The lowest BCUT2D eigenvalue weighted by Gasteiger charge is -2.29. The van der Waals surface area contributed by atoms with Gasteiger partial charge in [-0.2, -0.15) is 0 Å². The Labute approximate surface area is 186 Å². The van der Waals surface area contributed by atoms with Gasteiger partial charge in [0.15, 0.2) is 0 Å². The van der Waals surface area contributed by atoms with Crippen molar-refractivity contribution in [1.29, 1.82) is 0 Å². The maximum atomic E-state index is 13.2. The molecule has 1 unspecified atom stereocenters. The van der Waals surface area contributed by atoms with E-state index < -0.39 is 11.9 Å². The van der Waals surface area contributed by atoms with Crippen molar-refractivity contribution in [1.82, 2.24) is 0 Å². The van der Waals surface area contributed by atoms with Gasteiger partial charge in [0.2, 0.25) is 10.6 Å². The topological polar surface area (TPSA) is 78.6 Å². The van der Waals surface area contributed by atoms with Crippen LogP contribution < -0.4 is 15.2 Å². The predicted octanol–water partition coefficient (Wildman–Crippen LogP) is 5.21. The number of benzene rings is 2. The first-order valence-corrected chi connectivity index (χ1v) is 10.7. The monoisotopic (exact) mass is 461 g/mol. The highest BCUT2D eigenvalue weighted by Crippen LogP contribution is 2.46. The molecule has 1 aliphatic rings. The van der Waals surface area contributed by atoms with E-state index in [1.165, 1.54) is 0 Å². The number of carbonyl (C=O) groups is 1. The maximum absolute atomic E-state index is 13.2. The van der Waals surface area contributed by atoms with Crippen molar-refractivity contribution in [2.24, 2.45) is 5.73 Å². The molecule has 4 rings (SSSR count). The lowest BCUT2D eigenvalue weighted by molar-refractivity contribution is -0.143. The maximum Gasteiger partial charge on any atom is 0.340 e. The van der Waals surface area contributed by atoms with Crippen LogP contribution in [0.15, 0.2) is 58.7 Å². The zero-order valence-electron chi connectivity index (χ0n) is 16.1. The summed E-state index contributed by atoms with van der Waals surface area (Å²) in [6, 6.07) is 12.2. The Morgan fingerprint density at radius 1 is 1.20 bits per heavy atom. The van der Waals surface area contributed by atoms with E-state index >= 15 is 0 Å². The third-order valence-corrected chi connectivity index (χ3v) is 6.23. The van der Waals surface area contributed by atoms with Gasteiger partial charge >= 0.3 is 5.97 Å². The summed E-state index contributed by atoms with van der Waals surface area (Å²) < 4.78 is 11.7. The number of ether oxygens (including phenoxy) is 2. The second-order valence-electron chi connectivity index (χ2n) is 7.06. The summed E-state index contributed by atoms with van der Waals surface area (Å²) in [6.45, 7) is 3.45. The molecule has 0 saturated carbocycles. The van der Waals surface area contributed by atoms with E-state index in [9.17, 15) is 9.59 Å². The molecule has 0 bridgehead atoms. The molecule has 0 saturated heterocycles. The van der Waals surface area contributed by atoms with Crippen LogP contribution in [-0.4, -0.2) is 12.1 Å². The minimum Gasteiger partial charge on any atom is -0.459 e. The first-order chi connectivity index (χ1) is 14.3. The van der Waals surface area contributed by atoms with E-state index in [2.05, 4.69) is 0 Å². The molecule has 3 aromatic rings. The Kier molecular flexibility index (Phi) is 5.49. The number of fused-ring (bicyclic) bond motifs is 3. The fourth-order valence-corrected chi connectivity index (χ4v) is 4.94. The molecule has 5 nitrogen and oxygen atoms in total. The van der Waals surface area contributed by atoms with Crippen LogP contribution in [-0.2, 0) is 9.53 Å². The van der Waals surface area contributed by atoms with Crippen LogP contribution in [0.3, 0.4) is 0 Å². The number of esters is 1. The highest BCUT2D eigenvalue weighted by molar-refractivity contribution is 7.16. The van der Waals surface area contributed by atoms with Gasteiger partial charge in [-0.15, -0.1) is 0 Å². The van der Waals surface area contributed by atoms with Crippen molar-refractivity contribution in [3.8, 4) is 5.75 Å². The minimum absolute atomic E-state index is 0.0417. The Bertz CT molecular complexity index is 1270. The van der Waals surface area contributed by atoms with Crippen molar-refractivity contribution >= 4 is 50.6 Å². The standard InChI is InChI=1S/C22H17Cl2NO4S/c1-10(2)28-21(26)18-16(12-8-7-11(23)9-14(12)24)17-19(29-20(18)25)13-5-3-4-6-15(13)30-22(17)27/h3-10,16H,25H2,1-2H3. The molecule has 1 aliphatic heterocycles. The normalized spacial score (nSPS) is 15.8. The molecule has 0 spiro atoms. The van der Waals surface area contributed by atoms with Crippen molar-refractivity contribution in [2.75, 3.05) is 0 Å². The number of halogens is 2. The average molecular weight is 462 g/mol. The molecular weight excluding hydrogens is 445 g/mol. The van der Waals surface area contributed by atoms with Gasteiger partial charge in [-0.05, 0) is 43.7 Å². The first kappa shape index (κ1) is 20.7. The summed E-state index contributed by atoms with van der Waals surface area (Å²) in [5.74, 6) is -1.31. The molecule has 0 amide bonds. The van der Waals surface area contributed by atoms with Crippen LogP contribution in [0.4, 0.5) is 0 Å². The SMILES string of the molecule is CC(C)OC(=O)C1=C(N)Oc2c(c(=O)sc3ccccc23)C1c1ccc(Cl)cc1Cl. The summed E-state index contributed by atoms with van der Waals surface area (Å²) >= 11 is 13.6. The molecular formula is C22H17Cl2NO4S. The summed E-state index contributed by atoms with van der Waals surface area (Å²) in [7, 11) is 0. The third kappa shape index (κ3) is 3.55. The number of nitrogens with two attached hydrogens (primary N) is 1. The summed E-state index contributed by atoms with van der Waals surface area (Å²) in [6.07, 6.45) is -0.383. The van der Waals surface area contributed by atoms with Crippen LogP contribution in [0.5, 0.6) is 5.75 Å². The molecule has 0 fully saturated rings. The number of carbonyl (C=O) groups excluding carboxylic acids is 1. The molecule has 1 aromatic heterocycles. The molecule has 1 atom stereocenters. The van der Waals surface area contributed by atoms with E-state index in [1.54, 1.807) is 32.0 Å². The number of hydrogen-bond donors (Lipinski definition) is 1. The fraction of sp³-hybridized carbons (Fsp3) is 0.182. The van der Waals surface area contributed by atoms with E-state index in [4.69, 9.17) is 38.4 Å². The zero-order chi connectivity index (χ0) is 21.6. The van der Waals surface area contributed by atoms with Crippen molar-refractivity contribution in [3.05, 3.63) is 84.6 Å². The van der Waals surface area contributed by atoms with Crippen molar-refractivity contribution in [3.63, 3.8) is 0 Å². The Morgan fingerprint density at radius 2 is 1.93 bits per heavy atom. The minimum atomic E-state index is -0.849. The van der Waals surface area contributed by atoms with E-state index in [1.807, 2.05) is 24.3 Å². The summed E-state index contributed by atoms with van der Waals surface area (Å²) in [5, 5.41) is 1.47. The van der Waals surface area contributed by atoms with Gasteiger partial charge in [-0.25, -0.2) is 4.79 Å². The van der Waals surface area contributed by atoms with Crippen LogP contribution in [0.25, 0.3) is 10.1 Å². The van der Waals surface area contributed by atoms with Crippen molar-refractivity contribution in [2.45, 2.75) is 25.9 Å². The van der Waals surface area contributed by atoms with E-state index in [0.717, 1.165) is 21.4 Å². The highest BCUT2D eigenvalue weighted by Gasteiger charge is 2.39. The highest BCUT2D eigenvalue weighted by atomic mass is 35.5. The van der Waals surface area contributed by atoms with Crippen LogP contribution in [0.2, 0.25) is 10.0 Å². The van der Waals surface area contributed by atoms with Crippen LogP contribution in [0, 0.1) is 0 Å². The average Bonchev–Trinajstić information content (AvgIpc) is 2.66. The predicted molar refractivity (Wildman–Crippen MR) is 119 cm³/mol. The Hall–Kier alpha value is -2.54. The molecule has 0 radical (unpaired) electrons. The van der Waals surface area contributed by atoms with Gasteiger partial charge < -0.3 is 15.2 Å². The van der Waals surface area contributed by atoms with Gasteiger partial charge in [0.1, 0.15) is 11.3 Å². The quantitative estimate of drug-likeness (QED) is 0.541. The molecule has 30 heavy (non-hydrogen) atoms. The lowest BCUT2D eigenvalue weighted by atomic mass is 9.83. The van der Waals surface area contributed by atoms with Crippen LogP contribution >= 0.6 is 34.5 Å². The van der Waals surface area contributed by atoms with E-state index in [0.29, 0.717) is 26.9 Å². The number of rotatable bonds is 3.